The molecule has 0 saturated heterocycles. The number of aryl methyl sites for hydroxylation is 2. The number of fused-ring (bicyclic) bond motifs is 1. The van der Waals surface area contributed by atoms with Crippen molar-refractivity contribution >= 4 is 10.9 Å². The summed E-state index contributed by atoms with van der Waals surface area (Å²) in [6.07, 6.45) is 0. The van der Waals surface area contributed by atoms with E-state index in [1.165, 1.54) is 10.9 Å². The molecule has 1 aromatic heterocycles. The fourth-order valence-corrected chi connectivity index (χ4v) is 1.75. The molecule has 0 unspecified atom stereocenters. The van der Waals surface area contributed by atoms with E-state index in [0.29, 0.717) is 6.54 Å². The van der Waals surface area contributed by atoms with Crippen molar-refractivity contribution in [3.8, 4) is 0 Å². The first-order valence-electron chi connectivity index (χ1n) is 4.92. The Labute approximate surface area is 83.5 Å². The maximum Gasteiger partial charge on any atom is 0.0685 e. The summed E-state index contributed by atoms with van der Waals surface area (Å²) in [4.78, 5) is 0. The number of aromatic nitrogens is 2. The molecule has 1 heterocycles. The Kier molecular flexibility index (Phi) is 2.25. The lowest BCUT2D eigenvalue weighted by atomic mass is 10.1. The lowest BCUT2D eigenvalue weighted by molar-refractivity contribution is 0.676. The smallest absolute Gasteiger partial charge is 0.0685 e. The van der Waals surface area contributed by atoms with Crippen LogP contribution in [-0.4, -0.2) is 9.78 Å². The van der Waals surface area contributed by atoms with Crippen molar-refractivity contribution < 1.29 is 0 Å². The largest absolute Gasteiger partial charge is 0.326 e. The third-order valence-corrected chi connectivity index (χ3v) is 2.53. The molecule has 0 fully saturated rings. The zero-order valence-corrected chi connectivity index (χ0v) is 8.62. The van der Waals surface area contributed by atoms with Crippen LogP contribution in [0.3, 0.4) is 0 Å². The van der Waals surface area contributed by atoms with Gasteiger partial charge in [0, 0.05) is 18.5 Å². The van der Waals surface area contributed by atoms with Crippen molar-refractivity contribution in [2.24, 2.45) is 5.73 Å². The maximum absolute atomic E-state index is 5.60. The summed E-state index contributed by atoms with van der Waals surface area (Å²) < 4.78 is 2.02. The van der Waals surface area contributed by atoms with Crippen LogP contribution >= 0.6 is 0 Å². The summed E-state index contributed by atoms with van der Waals surface area (Å²) >= 11 is 0. The van der Waals surface area contributed by atoms with E-state index in [1.807, 2.05) is 11.6 Å². The van der Waals surface area contributed by atoms with Crippen LogP contribution in [0.4, 0.5) is 0 Å². The van der Waals surface area contributed by atoms with Gasteiger partial charge in [-0.2, -0.15) is 5.10 Å². The molecule has 2 rings (SSSR count). The van der Waals surface area contributed by atoms with Crippen LogP contribution in [0.15, 0.2) is 18.2 Å². The molecule has 2 aromatic rings. The predicted octanol–water partition coefficient (Wildman–Crippen LogP) is 1.82. The molecule has 3 nitrogen and oxygen atoms in total. The molecule has 2 N–H and O–H groups in total. The molecular formula is C11H15N3. The van der Waals surface area contributed by atoms with Crippen molar-refractivity contribution in [2.45, 2.75) is 26.9 Å². The molecule has 14 heavy (non-hydrogen) atoms. The second-order valence-corrected chi connectivity index (χ2v) is 3.46. The SMILES string of the molecule is CCn1nc(C)c2cc(CN)ccc21. The average Bonchev–Trinajstić information content (AvgIpc) is 2.55. The molecular weight excluding hydrogens is 174 g/mol. The predicted molar refractivity (Wildman–Crippen MR) is 58.0 cm³/mol. The highest BCUT2D eigenvalue weighted by molar-refractivity contribution is 5.82. The molecule has 0 radical (unpaired) electrons. The van der Waals surface area contributed by atoms with E-state index in [1.54, 1.807) is 0 Å². The van der Waals surface area contributed by atoms with Crippen molar-refractivity contribution in [3.63, 3.8) is 0 Å². The standard InChI is InChI=1S/C11H15N3/c1-3-14-11-5-4-9(7-12)6-10(11)8(2)13-14/h4-6H,3,7,12H2,1-2H3. The highest BCUT2D eigenvalue weighted by atomic mass is 15.3. The Morgan fingerprint density at radius 2 is 2.21 bits per heavy atom. The summed E-state index contributed by atoms with van der Waals surface area (Å²) in [6.45, 7) is 5.64. The number of nitrogens with two attached hydrogens (primary N) is 1. The van der Waals surface area contributed by atoms with Gasteiger partial charge in [0.25, 0.3) is 0 Å². The summed E-state index contributed by atoms with van der Waals surface area (Å²) in [7, 11) is 0. The summed E-state index contributed by atoms with van der Waals surface area (Å²) in [5.74, 6) is 0. The van der Waals surface area contributed by atoms with Gasteiger partial charge in [-0.3, -0.25) is 4.68 Å². The zero-order valence-electron chi connectivity index (χ0n) is 8.62. The van der Waals surface area contributed by atoms with Crippen molar-refractivity contribution in [3.05, 3.63) is 29.5 Å². The minimum absolute atomic E-state index is 0.590. The molecule has 0 aliphatic rings. The Hall–Kier alpha value is -1.35. The first kappa shape index (κ1) is 9.21. The third kappa shape index (κ3) is 1.30. The fraction of sp³-hybridized carbons (Fsp3) is 0.364. The monoisotopic (exact) mass is 189 g/mol. The molecule has 0 saturated carbocycles. The van der Waals surface area contributed by atoms with Crippen LogP contribution in [0.2, 0.25) is 0 Å². The van der Waals surface area contributed by atoms with E-state index in [9.17, 15) is 0 Å². The minimum Gasteiger partial charge on any atom is -0.326 e. The van der Waals surface area contributed by atoms with Gasteiger partial charge in [0.1, 0.15) is 0 Å². The maximum atomic E-state index is 5.60. The van der Waals surface area contributed by atoms with Crippen molar-refractivity contribution in [2.75, 3.05) is 0 Å². The highest BCUT2D eigenvalue weighted by Gasteiger charge is 2.05. The minimum atomic E-state index is 0.590. The molecule has 0 spiro atoms. The zero-order chi connectivity index (χ0) is 10.1. The second-order valence-electron chi connectivity index (χ2n) is 3.46. The van der Waals surface area contributed by atoms with Crippen molar-refractivity contribution in [1.29, 1.82) is 0 Å². The van der Waals surface area contributed by atoms with Crippen LogP contribution in [-0.2, 0) is 13.1 Å². The molecule has 0 amide bonds. The molecule has 0 atom stereocenters. The van der Waals surface area contributed by atoms with Gasteiger partial charge >= 0.3 is 0 Å². The van der Waals surface area contributed by atoms with Crippen molar-refractivity contribution in [1.82, 2.24) is 9.78 Å². The Morgan fingerprint density at radius 3 is 2.86 bits per heavy atom. The van der Waals surface area contributed by atoms with Crippen LogP contribution in [0.25, 0.3) is 10.9 Å². The molecule has 3 heteroatoms. The van der Waals surface area contributed by atoms with Gasteiger partial charge in [0.2, 0.25) is 0 Å². The van der Waals surface area contributed by atoms with Gasteiger partial charge in [-0.25, -0.2) is 0 Å². The topological polar surface area (TPSA) is 43.8 Å². The van der Waals surface area contributed by atoms with Crippen LogP contribution < -0.4 is 5.73 Å². The molecule has 74 valence electrons. The van der Waals surface area contributed by atoms with E-state index < -0.39 is 0 Å². The highest BCUT2D eigenvalue weighted by Crippen LogP contribution is 2.19. The van der Waals surface area contributed by atoms with Gasteiger partial charge in [-0.05, 0) is 31.5 Å². The summed E-state index contributed by atoms with van der Waals surface area (Å²) in [6, 6.07) is 6.29. The quantitative estimate of drug-likeness (QED) is 0.783. The molecule has 0 bridgehead atoms. The Morgan fingerprint density at radius 1 is 1.43 bits per heavy atom. The van der Waals surface area contributed by atoms with Gasteiger partial charge in [-0.15, -0.1) is 0 Å². The third-order valence-electron chi connectivity index (χ3n) is 2.53. The fourth-order valence-electron chi connectivity index (χ4n) is 1.75. The van der Waals surface area contributed by atoms with Gasteiger partial charge in [0.15, 0.2) is 0 Å². The normalized spacial score (nSPS) is 11.1. The molecule has 0 aliphatic heterocycles. The number of rotatable bonds is 2. The van der Waals surface area contributed by atoms with Gasteiger partial charge in [0.05, 0.1) is 11.2 Å². The Balaban J connectivity index is 2.70. The number of nitrogens with zero attached hydrogens (tertiary/aromatic N) is 2. The van der Waals surface area contributed by atoms with E-state index >= 15 is 0 Å². The second kappa shape index (κ2) is 3.42. The summed E-state index contributed by atoms with van der Waals surface area (Å²) in [5.41, 5.74) is 9.04. The average molecular weight is 189 g/mol. The molecule has 1 aromatic carbocycles. The van der Waals surface area contributed by atoms with Crippen LogP contribution in [0, 0.1) is 6.92 Å². The number of hydrogen-bond donors (Lipinski definition) is 1. The van der Waals surface area contributed by atoms with E-state index in [2.05, 4.69) is 30.2 Å². The Bertz CT molecular complexity index is 457. The van der Waals surface area contributed by atoms with Gasteiger partial charge in [-0.1, -0.05) is 6.07 Å². The first-order valence-corrected chi connectivity index (χ1v) is 4.92. The van der Waals surface area contributed by atoms with Crippen LogP contribution in [0.1, 0.15) is 18.2 Å². The van der Waals surface area contributed by atoms with Crippen LogP contribution in [0.5, 0.6) is 0 Å². The van der Waals surface area contributed by atoms with E-state index in [4.69, 9.17) is 5.73 Å². The van der Waals surface area contributed by atoms with E-state index in [0.717, 1.165) is 17.8 Å². The first-order chi connectivity index (χ1) is 6.76. The number of benzene rings is 1. The number of hydrogen-bond acceptors (Lipinski definition) is 2. The van der Waals surface area contributed by atoms with E-state index in [-0.39, 0.29) is 0 Å². The van der Waals surface area contributed by atoms with Gasteiger partial charge < -0.3 is 5.73 Å². The lowest BCUT2D eigenvalue weighted by Gasteiger charge is -1.99. The lowest BCUT2D eigenvalue weighted by Crippen LogP contribution is -1.97. The molecule has 0 aliphatic carbocycles. The summed E-state index contributed by atoms with van der Waals surface area (Å²) in [5, 5.41) is 5.68.